The van der Waals surface area contributed by atoms with Gasteiger partial charge in [-0.3, -0.25) is 0 Å². The van der Waals surface area contributed by atoms with E-state index in [1.165, 1.54) is 6.20 Å². The molecule has 1 aromatic carbocycles. The van der Waals surface area contributed by atoms with Crippen LogP contribution in [-0.4, -0.2) is 22.5 Å². The van der Waals surface area contributed by atoms with E-state index in [0.717, 1.165) is 4.47 Å². The minimum atomic E-state index is -0.430. The van der Waals surface area contributed by atoms with Crippen LogP contribution in [0.4, 0.5) is 0 Å². The maximum absolute atomic E-state index is 11.6. The molecular formula is C14H13BrN2O3. The van der Waals surface area contributed by atoms with Crippen molar-refractivity contribution < 1.29 is 14.3 Å². The van der Waals surface area contributed by atoms with E-state index >= 15 is 0 Å². The third-order valence-corrected chi connectivity index (χ3v) is 3.00. The lowest BCUT2D eigenvalue weighted by molar-refractivity contribution is 0.0524. The monoisotopic (exact) mass is 336 g/mol. The first-order valence-corrected chi connectivity index (χ1v) is 6.83. The smallest absolute Gasteiger partial charge is 0.341 e. The predicted octanol–water partition coefficient (Wildman–Crippen LogP) is 3.52. The molecule has 1 heterocycles. The van der Waals surface area contributed by atoms with Crippen LogP contribution in [0.25, 0.3) is 0 Å². The molecule has 0 fully saturated rings. The number of esters is 1. The van der Waals surface area contributed by atoms with Gasteiger partial charge < -0.3 is 9.47 Å². The number of hydrogen-bond acceptors (Lipinski definition) is 5. The average Bonchev–Trinajstić information content (AvgIpc) is 2.42. The summed E-state index contributed by atoms with van der Waals surface area (Å²) in [5.74, 6) is 0.191. The molecule has 0 saturated heterocycles. The lowest BCUT2D eigenvalue weighted by Crippen LogP contribution is -2.09. The summed E-state index contributed by atoms with van der Waals surface area (Å²) in [5, 5.41) is 0. The van der Waals surface area contributed by atoms with E-state index in [-0.39, 0.29) is 6.01 Å². The van der Waals surface area contributed by atoms with Crippen LogP contribution >= 0.6 is 15.9 Å². The van der Waals surface area contributed by atoms with Crippen molar-refractivity contribution in [2.45, 2.75) is 13.8 Å². The van der Waals surface area contributed by atoms with Crippen LogP contribution in [0.3, 0.4) is 0 Å². The van der Waals surface area contributed by atoms with E-state index in [1.54, 1.807) is 26.0 Å². The second-order valence-corrected chi connectivity index (χ2v) is 4.84. The highest BCUT2D eigenvalue weighted by Crippen LogP contribution is 2.21. The van der Waals surface area contributed by atoms with Crippen molar-refractivity contribution in [2.75, 3.05) is 6.61 Å². The normalized spacial score (nSPS) is 10.2. The number of rotatable bonds is 4. The van der Waals surface area contributed by atoms with Crippen molar-refractivity contribution in [3.05, 3.63) is 46.2 Å². The van der Waals surface area contributed by atoms with Gasteiger partial charge in [-0.1, -0.05) is 15.9 Å². The van der Waals surface area contributed by atoms with Crippen LogP contribution < -0.4 is 4.74 Å². The van der Waals surface area contributed by atoms with Crippen LogP contribution in [-0.2, 0) is 4.74 Å². The number of carbonyl (C=O) groups excluding carboxylic acids is 1. The van der Waals surface area contributed by atoms with E-state index in [2.05, 4.69) is 25.9 Å². The number of aryl methyl sites for hydroxylation is 1. The Hall–Kier alpha value is -1.95. The standard InChI is InChI=1S/C14H13BrN2O3/c1-3-19-13(18)12-8-16-14(17-9(12)2)20-11-6-4-10(15)5-7-11/h4-8H,3H2,1-2H3. The highest BCUT2D eigenvalue weighted by Gasteiger charge is 2.13. The van der Waals surface area contributed by atoms with E-state index in [9.17, 15) is 4.79 Å². The van der Waals surface area contributed by atoms with Gasteiger partial charge in [0, 0.05) is 10.7 Å². The molecule has 2 aromatic rings. The topological polar surface area (TPSA) is 61.3 Å². The van der Waals surface area contributed by atoms with E-state index in [0.29, 0.717) is 23.6 Å². The van der Waals surface area contributed by atoms with Crippen molar-refractivity contribution in [3.8, 4) is 11.8 Å². The Morgan fingerprint density at radius 3 is 2.60 bits per heavy atom. The van der Waals surface area contributed by atoms with E-state index in [4.69, 9.17) is 9.47 Å². The van der Waals surface area contributed by atoms with Gasteiger partial charge in [-0.25, -0.2) is 9.78 Å². The molecule has 0 aliphatic rings. The van der Waals surface area contributed by atoms with Gasteiger partial charge in [-0.2, -0.15) is 4.98 Å². The minimum Gasteiger partial charge on any atom is -0.462 e. The van der Waals surface area contributed by atoms with Crippen molar-refractivity contribution in [3.63, 3.8) is 0 Å². The Bertz CT molecular complexity index is 614. The second kappa shape index (κ2) is 6.47. The summed E-state index contributed by atoms with van der Waals surface area (Å²) < 4.78 is 11.4. The summed E-state index contributed by atoms with van der Waals surface area (Å²) in [5.41, 5.74) is 0.862. The predicted molar refractivity (Wildman–Crippen MR) is 76.9 cm³/mol. The number of aromatic nitrogens is 2. The van der Waals surface area contributed by atoms with Gasteiger partial charge in [0.05, 0.1) is 17.9 Å². The minimum absolute atomic E-state index is 0.192. The van der Waals surface area contributed by atoms with Crippen LogP contribution in [0.2, 0.25) is 0 Å². The Morgan fingerprint density at radius 2 is 2.00 bits per heavy atom. The molecule has 104 valence electrons. The van der Waals surface area contributed by atoms with Crippen molar-refractivity contribution in [1.82, 2.24) is 9.97 Å². The Balaban J connectivity index is 2.16. The molecule has 5 nitrogen and oxygen atoms in total. The number of benzene rings is 1. The molecule has 0 saturated carbocycles. The Morgan fingerprint density at radius 1 is 1.30 bits per heavy atom. The summed E-state index contributed by atoms with van der Waals surface area (Å²) in [4.78, 5) is 19.8. The molecule has 0 amide bonds. The van der Waals surface area contributed by atoms with Gasteiger partial charge >= 0.3 is 12.0 Å². The number of halogens is 1. The fraction of sp³-hybridized carbons (Fsp3) is 0.214. The molecule has 0 radical (unpaired) electrons. The van der Waals surface area contributed by atoms with Crippen molar-refractivity contribution in [1.29, 1.82) is 0 Å². The lowest BCUT2D eigenvalue weighted by Gasteiger charge is -2.07. The summed E-state index contributed by atoms with van der Waals surface area (Å²) in [6.07, 6.45) is 1.41. The summed E-state index contributed by atoms with van der Waals surface area (Å²) >= 11 is 3.34. The molecule has 1 aromatic heterocycles. The van der Waals surface area contributed by atoms with Crippen LogP contribution in [0.5, 0.6) is 11.8 Å². The third-order valence-electron chi connectivity index (χ3n) is 2.48. The van der Waals surface area contributed by atoms with Crippen LogP contribution in [0, 0.1) is 6.92 Å². The van der Waals surface area contributed by atoms with Crippen molar-refractivity contribution in [2.24, 2.45) is 0 Å². The van der Waals surface area contributed by atoms with Gasteiger partial charge in [0.15, 0.2) is 0 Å². The molecule has 0 unspecified atom stereocenters. The zero-order chi connectivity index (χ0) is 14.5. The first-order valence-electron chi connectivity index (χ1n) is 6.04. The molecular weight excluding hydrogens is 324 g/mol. The highest BCUT2D eigenvalue weighted by atomic mass is 79.9. The van der Waals surface area contributed by atoms with Gasteiger partial charge in [0.1, 0.15) is 5.75 Å². The highest BCUT2D eigenvalue weighted by molar-refractivity contribution is 9.10. The van der Waals surface area contributed by atoms with Gasteiger partial charge in [0.2, 0.25) is 0 Å². The number of nitrogens with zero attached hydrogens (tertiary/aromatic N) is 2. The second-order valence-electron chi connectivity index (χ2n) is 3.93. The number of ether oxygens (including phenoxy) is 2. The zero-order valence-electron chi connectivity index (χ0n) is 11.1. The zero-order valence-corrected chi connectivity index (χ0v) is 12.7. The molecule has 20 heavy (non-hydrogen) atoms. The van der Waals surface area contributed by atoms with Gasteiger partial charge in [-0.05, 0) is 38.1 Å². The van der Waals surface area contributed by atoms with Crippen LogP contribution in [0.15, 0.2) is 34.9 Å². The summed E-state index contributed by atoms with van der Waals surface area (Å²) in [7, 11) is 0. The lowest BCUT2D eigenvalue weighted by atomic mass is 10.2. The fourth-order valence-electron chi connectivity index (χ4n) is 1.51. The molecule has 0 aliphatic heterocycles. The molecule has 0 bridgehead atoms. The molecule has 0 aliphatic carbocycles. The molecule has 2 rings (SSSR count). The molecule has 0 atom stereocenters. The third kappa shape index (κ3) is 3.54. The average molecular weight is 337 g/mol. The SMILES string of the molecule is CCOC(=O)c1cnc(Oc2ccc(Br)cc2)nc1C. The van der Waals surface area contributed by atoms with Gasteiger partial charge in [0.25, 0.3) is 0 Å². The van der Waals surface area contributed by atoms with Crippen molar-refractivity contribution >= 4 is 21.9 Å². The first-order chi connectivity index (χ1) is 9.60. The number of hydrogen-bond donors (Lipinski definition) is 0. The summed E-state index contributed by atoms with van der Waals surface area (Å²) in [6.45, 7) is 3.77. The van der Waals surface area contributed by atoms with E-state index in [1.807, 2.05) is 12.1 Å². The number of carbonyl (C=O) groups is 1. The first kappa shape index (κ1) is 14.5. The van der Waals surface area contributed by atoms with E-state index < -0.39 is 5.97 Å². The quantitative estimate of drug-likeness (QED) is 0.799. The molecule has 0 N–H and O–H groups in total. The van der Waals surface area contributed by atoms with Crippen LogP contribution in [0.1, 0.15) is 23.0 Å². The largest absolute Gasteiger partial charge is 0.462 e. The Labute approximate surface area is 125 Å². The fourth-order valence-corrected chi connectivity index (χ4v) is 1.78. The van der Waals surface area contributed by atoms with Gasteiger partial charge in [-0.15, -0.1) is 0 Å². The molecule has 6 heteroatoms. The summed E-state index contributed by atoms with van der Waals surface area (Å²) in [6, 6.07) is 7.49. The molecule has 0 spiro atoms. The maximum Gasteiger partial charge on any atom is 0.341 e. The Kier molecular flexibility index (Phi) is 4.68. The maximum atomic E-state index is 11.6.